The van der Waals surface area contributed by atoms with Crippen molar-refractivity contribution in [1.29, 1.82) is 0 Å². The maximum atomic E-state index is 6.26. The lowest BCUT2D eigenvalue weighted by Crippen LogP contribution is -2.34. The van der Waals surface area contributed by atoms with Gasteiger partial charge in [-0.25, -0.2) is 0 Å². The molecule has 0 radical (unpaired) electrons. The zero-order chi connectivity index (χ0) is 13.1. The Balaban J connectivity index is 2.12. The van der Waals surface area contributed by atoms with Crippen LogP contribution in [0.4, 0.5) is 0 Å². The Morgan fingerprint density at radius 1 is 1.44 bits per heavy atom. The normalized spacial score (nSPS) is 21.3. The molecule has 1 aromatic rings. The monoisotopic (exact) mass is 268 g/mol. The van der Waals surface area contributed by atoms with Crippen molar-refractivity contribution in [3.63, 3.8) is 0 Å². The molecule has 3 N–H and O–H groups in total. The number of ether oxygens (including phenoxy) is 1. The number of nitrogens with one attached hydrogen (secondary N) is 1. The summed E-state index contributed by atoms with van der Waals surface area (Å²) in [7, 11) is 0. The first-order valence-electron chi connectivity index (χ1n) is 6.53. The molecule has 4 heteroatoms. The Labute approximate surface area is 114 Å². The molecule has 0 amide bonds. The van der Waals surface area contributed by atoms with Gasteiger partial charge in [0.1, 0.15) is 5.75 Å². The molecule has 3 nitrogen and oxygen atoms in total. The zero-order valence-corrected chi connectivity index (χ0v) is 11.7. The number of hydrogen-bond donors (Lipinski definition) is 2. The van der Waals surface area contributed by atoms with Crippen LogP contribution < -0.4 is 15.8 Å². The van der Waals surface area contributed by atoms with Gasteiger partial charge in [0.05, 0.1) is 11.1 Å². The highest BCUT2D eigenvalue weighted by atomic mass is 35.5. The number of hydrogen-bond acceptors (Lipinski definition) is 3. The molecule has 1 fully saturated rings. The van der Waals surface area contributed by atoms with Crippen molar-refractivity contribution in [2.24, 2.45) is 5.73 Å². The van der Waals surface area contributed by atoms with Gasteiger partial charge in [-0.05, 0) is 50.9 Å². The molecule has 2 rings (SSSR count). The Morgan fingerprint density at radius 2 is 2.22 bits per heavy atom. The second-order valence-electron chi connectivity index (χ2n) is 5.09. The summed E-state index contributed by atoms with van der Waals surface area (Å²) in [5, 5.41) is 4.06. The fourth-order valence-electron chi connectivity index (χ4n) is 2.32. The third kappa shape index (κ3) is 3.16. The summed E-state index contributed by atoms with van der Waals surface area (Å²) in [5.41, 5.74) is 7.32. The van der Waals surface area contributed by atoms with E-state index in [4.69, 9.17) is 22.1 Å². The van der Waals surface area contributed by atoms with Crippen LogP contribution in [0.15, 0.2) is 18.2 Å². The molecule has 0 aromatic heterocycles. The van der Waals surface area contributed by atoms with Crippen LogP contribution in [0, 0.1) is 0 Å². The molecule has 2 atom stereocenters. The van der Waals surface area contributed by atoms with Crippen LogP contribution >= 0.6 is 11.6 Å². The molecule has 0 bridgehead atoms. The van der Waals surface area contributed by atoms with E-state index in [9.17, 15) is 0 Å². The second kappa shape index (κ2) is 5.91. The van der Waals surface area contributed by atoms with Gasteiger partial charge in [0.15, 0.2) is 0 Å². The third-order valence-corrected chi connectivity index (χ3v) is 3.53. The summed E-state index contributed by atoms with van der Waals surface area (Å²) in [6, 6.07) is 6.20. The topological polar surface area (TPSA) is 47.3 Å². The molecule has 0 spiro atoms. The number of halogens is 1. The highest BCUT2D eigenvalue weighted by Gasteiger charge is 2.23. The zero-order valence-electron chi connectivity index (χ0n) is 10.9. The molecule has 100 valence electrons. The van der Waals surface area contributed by atoms with Gasteiger partial charge in [0.2, 0.25) is 0 Å². The lowest BCUT2D eigenvalue weighted by molar-refractivity contribution is 0.242. The summed E-state index contributed by atoms with van der Waals surface area (Å²) < 4.78 is 5.62. The van der Waals surface area contributed by atoms with E-state index in [0.717, 1.165) is 24.3 Å². The summed E-state index contributed by atoms with van der Waals surface area (Å²) in [5.74, 6) is 0.724. The molecule has 18 heavy (non-hydrogen) atoms. The van der Waals surface area contributed by atoms with Crippen LogP contribution in [-0.2, 0) is 0 Å². The molecule has 1 aliphatic rings. The summed E-state index contributed by atoms with van der Waals surface area (Å²) in [4.78, 5) is 0. The molecule has 1 aliphatic heterocycles. The van der Waals surface area contributed by atoms with Crippen LogP contribution in [0.5, 0.6) is 5.75 Å². The summed E-state index contributed by atoms with van der Waals surface area (Å²) in [6.45, 7) is 5.03. The van der Waals surface area contributed by atoms with Crippen LogP contribution in [0.25, 0.3) is 0 Å². The first-order valence-corrected chi connectivity index (χ1v) is 6.91. The van der Waals surface area contributed by atoms with Crippen molar-refractivity contribution in [2.45, 2.75) is 44.9 Å². The Kier molecular flexibility index (Phi) is 4.49. The maximum Gasteiger partial charge on any atom is 0.138 e. The van der Waals surface area contributed by atoms with E-state index in [2.05, 4.69) is 5.32 Å². The fourth-order valence-corrected chi connectivity index (χ4v) is 2.56. The van der Waals surface area contributed by atoms with Gasteiger partial charge in [0.25, 0.3) is 0 Å². The predicted molar refractivity (Wildman–Crippen MR) is 75.2 cm³/mol. The average molecular weight is 269 g/mol. The van der Waals surface area contributed by atoms with Crippen LogP contribution in [0.1, 0.15) is 38.3 Å². The standard InChI is InChI=1S/C14H21ClN2O/c1-9(2)18-13-6-5-10(8-11(13)15)14(16)12-4-3-7-17-12/h5-6,8-9,12,14,17H,3-4,7,16H2,1-2H3. The Hall–Kier alpha value is -0.770. The van der Waals surface area contributed by atoms with E-state index >= 15 is 0 Å². The van der Waals surface area contributed by atoms with Gasteiger partial charge in [0, 0.05) is 12.1 Å². The van der Waals surface area contributed by atoms with E-state index in [1.807, 2.05) is 32.0 Å². The van der Waals surface area contributed by atoms with E-state index in [1.165, 1.54) is 6.42 Å². The quantitative estimate of drug-likeness (QED) is 0.883. The number of rotatable bonds is 4. The smallest absolute Gasteiger partial charge is 0.138 e. The minimum Gasteiger partial charge on any atom is -0.489 e. The average Bonchev–Trinajstić information content (AvgIpc) is 2.84. The van der Waals surface area contributed by atoms with Crippen molar-refractivity contribution in [1.82, 2.24) is 5.32 Å². The SMILES string of the molecule is CC(C)Oc1ccc(C(N)C2CCCN2)cc1Cl. The third-order valence-electron chi connectivity index (χ3n) is 3.24. The first-order chi connectivity index (χ1) is 8.58. The van der Waals surface area contributed by atoms with Crippen LogP contribution in [-0.4, -0.2) is 18.7 Å². The molecule has 1 aromatic carbocycles. The Morgan fingerprint density at radius 3 is 2.78 bits per heavy atom. The lowest BCUT2D eigenvalue weighted by atomic mass is 9.99. The van der Waals surface area contributed by atoms with Crippen molar-refractivity contribution in [3.8, 4) is 5.75 Å². The number of nitrogens with two attached hydrogens (primary N) is 1. The van der Waals surface area contributed by atoms with Crippen LogP contribution in [0.3, 0.4) is 0 Å². The molecular weight excluding hydrogens is 248 g/mol. The molecular formula is C14H21ClN2O. The lowest BCUT2D eigenvalue weighted by Gasteiger charge is -2.21. The van der Waals surface area contributed by atoms with Gasteiger partial charge in [-0.15, -0.1) is 0 Å². The van der Waals surface area contributed by atoms with Crippen molar-refractivity contribution < 1.29 is 4.74 Å². The molecule has 2 unspecified atom stereocenters. The minimum atomic E-state index is -0.00176. The van der Waals surface area contributed by atoms with Crippen LogP contribution in [0.2, 0.25) is 5.02 Å². The predicted octanol–water partition coefficient (Wildman–Crippen LogP) is 2.88. The minimum absolute atomic E-state index is 0.00176. The van der Waals surface area contributed by atoms with Crippen molar-refractivity contribution in [2.75, 3.05) is 6.54 Å². The van der Waals surface area contributed by atoms with E-state index in [-0.39, 0.29) is 12.1 Å². The van der Waals surface area contributed by atoms with Gasteiger partial charge >= 0.3 is 0 Å². The maximum absolute atomic E-state index is 6.26. The molecule has 1 heterocycles. The summed E-state index contributed by atoms with van der Waals surface area (Å²) >= 11 is 6.22. The van der Waals surface area contributed by atoms with Gasteiger partial charge < -0.3 is 15.8 Å². The van der Waals surface area contributed by atoms with E-state index in [1.54, 1.807) is 0 Å². The van der Waals surface area contributed by atoms with E-state index in [0.29, 0.717) is 11.1 Å². The first kappa shape index (κ1) is 13.7. The highest BCUT2D eigenvalue weighted by molar-refractivity contribution is 6.32. The van der Waals surface area contributed by atoms with E-state index < -0.39 is 0 Å². The van der Waals surface area contributed by atoms with Gasteiger partial charge in [-0.1, -0.05) is 17.7 Å². The molecule has 0 saturated carbocycles. The second-order valence-corrected chi connectivity index (χ2v) is 5.49. The fraction of sp³-hybridized carbons (Fsp3) is 0.571. The highest BCUT2D eigenvalue weighted by Crippen LogP contribution is 2.30. The van der Waals surface area contributed by atoms with Gasteiger partial charge in [-0.2, -0.15) is 0 Å². The largest absolute Gasteiger partial charge is 0.489 e. The number of benzene rings is 1. The summed E-state index contributed by atoms with van der Waals surface area (Å²) in [6.07, 6.45) is 2.45. The van der Waals surface area contributed by atoms with Crippen molar-refractivity contribution in [3.05, 3.63) is 28.8 Å². The Bertz CT molecular complexity index is 403. The molecule has 0 aliphatic carbocycles. The van der Waals surface area contributed by atoms with Crippen molar-refractivity contribution >= 4 is 11.6 Å². The molecule has 1 saturated heterocycles. The van der Waals surface area contributed by atoms with Gasteiger partial charge in [-0.3, -0.25) is 0 Å².